The lowest BCUT2D eigenvalue weighted by atomic mass is 10.1. The van der Waals surface area contributed by atoms with Crippen LogP contribution in [-0.2, 0) is 0 Å². The van der Waals surface area contributed by atoms with Gasteiger partial charge in [-0.15, -0.1) is 11.3 Å². The Kier molecular flexibility index (Phi) is 3.70. The second-order valence-corrected chi connectivity index (χ2v) is 5.18. The topological polar surface area (TPSA) is 38.0 Å². The van der Waals surface area contributed by atoms with Gasteiger partial charge in [0.1, 0.15) is 5.82 Å². The van der Waals surface area contributed by atoms with Gasteiger partial charge in [-0.2, -0.15) is 0 Å². The van der Waals surface area contributed by atoms with Crippen LogP contribution in [-0.4, -0.2) is 0 Å². The Morgan fingerprint density at radius 1 is 1.38 bits per heavy atom. The lowest BCUT2D eigenvalue weighted by Gasteiger charge is -2.15. The van der Waals surface area contributed by atoms with Crippen LogP contribution in [0.2, 0.25) is 0 Å². The second kappa shape index (κ2) is 5.05. The van der Waals surface area contributed by atoms with E-state index >= 15 is 0 Å². The van der Waals surface area contributed by atoms with E-state index in [9.17, 15) is 4.39 Å². The third-order valence-corrected chi connectivity index (χ3v) is 3.70. The fourth-order valence-corrected chi connectivity index (χ4v) is 2.65. The number of nitrogens with two attached hydrogens (primary N) is 1. The van der Waals surface area contributed by atoms with Crippen LogP contribution in [0.5, 0.6) is 0 Å². The summed E-state index contributed by atoms with van der Waals surface area (Å²) in [6.45, 7) is 0. The molecule has 0 radical (unpaired) electrons. The molecule has 0 aliphatic rings. The maximum absolute atomic E-state index is 13.8. The molecule has 0 fully saturated rings. The van der Waals surface area contributed by atoms with E-state index in [-0.39, 0.29) is 11.9 Å². The predicted octanol–water partition coefficient (Wildman–Crippen LogP) is 3.20. The number of thiophene rings is 1. The minimum Gasteiger partial charge on any atom is -0.271 e. The number of rotatable bonds is 3. The molecule has 2 nitrogen and oxygen atoms in total. The monoisotopic (exact) mass is 300 g/mol. The predicted molar refractivity (Wildman–Crippen MR) is 67.6 cm³/mol. The first-order chi connectivity index (χ1) is 7.72. The smallest absolute Gasteiger partial charge is 0.129 e. The van der Waals surface area contributed by atoms with Crippen LogP contribution in [0.25, 0.3) is 0 Å². The molecular weight excluding hydrogens is 291 g/mol. The average Bonchev–Trinajstić information content (AvgIpc) is 2.75. The van der Waals surface area contributed by atoms with Gasteiger partial charge >= 0.3 is 0 Å². The molecule has 1 atom stereocenters. The first kappa shape index (κ1) is 11.7. The van der Waals surface area contributed by atoms with E-state index < -0.39 is 0 Å². The van der Waals surface area contributed by atoms with Crippen LogP contribution >= 0.6 is 27.3 Å². The van der Waals surface area contributed by atoms with Gasteiger partial charge in [0, 0.05) is 14.9 Å². The highest BCUT2D eigenvalue weighted by Gasteiger charge is 2.17. The number of halogens is 2. The van der Waals surface area contributed by atoms with Crippen LogP contribution < -0.4 is 11.3 Å². The standard InChI is InChI=1S/C11H10BrFN2S/c12-7-3-4-8(9(13)6-7)11(15-14)10-2-1-5-16-10/h1-6,11,15H,14H2. The first-order valence-electron chi connectivity index (χ1n) is 4.67. The van der Waals surface area contributed by atoms with Crippen molar-refractivity contribution in [3.8, 4) is 0 Å². The number of nitrogens with one attached hydrogen (secondary N) is 1. The van der Waals surface area contributed by atoms with Crippen LogP contribution in [0.3, 0.4) is 0 Å². The Labute approximate surface area is 105 Å². The highest BCUT2D eigenvalue weighted by atomic mass is 79.9. The van der Waals surface area contributed by atoms with Gasteiger partial charge in [0.25, 0.3) is 0 Å². The molecule has 84 valence electrons. The molecule has 1 aromatic heterocycles. The van der Waals surface area contributed by atoms with E-state index in [4.69, 9.17) is 5.84 Å². The van der Waals surface area contributed by atoms with Gasteiger partial charge < -0.3 is 0 Å². The zero-order valence-corrected chi connectivity index (χ0v) is 10.7. The van der Waals surface area contributed by atoms with Crippen molar-refractivity contribution in [2.75, 3.05) is 0 Å². The molecule has 1 aromatic carbocycles. The quantitative estimate of drug-likeness (QED) is 0.675. The fourth-order valence-electron chi connectivity index (χ4n) is 1.52. The summed E-state index contributed by atoms with van der Waals surface area (Å²) in [7, 11) is 0. The lowest BCUT2D eigenvalue weighted by Crippen LogP contribution is -2.28. The van der Waals surface area contributed by atoms with Crippen molar-refractivity contribution in [2.24, 2.45) is 5.84 Å². The van der Waals surface area contributed by atoms with Crippen molar-refractivity contribution in [1.82, 2.24) is 5.43 Å². The Balaban J connectivity index is 2.41. The summed E-state index contributed by atoms with van der Waals surface area (Å²) in [5.74, 6) is 5.21. The summed E-state index contributed by atoms with van der Waals surface area (Å²) in [5.41, 5.74) is 3.19. The maximum atomic E-state index is 13.8. The van der Waals surface area contributed by atoms with Crippen molar-refractivity contribution < 1.29 is 4.39 Å². The van der Waals surface area contributed by atoms with Crippen LogP contribution in [0, 0.1) is 5.82 Å². The summed E-state index contributed by atoms with van der Waals surface area (Å²) in [6.07, 6.45) is 0. The van der Waals surface area contributed by atoms with Gasteiger partial charge in [-0.3, -0.25) is 5.84 Å². The molecule has 0 saturated carbocycles. The maximum Gasteiger partial charge on any atom is 0.129 e. The number of benzene rings is 1. The normalized spacial score (nSPS) is 12.7. The van der Waals surface area contributed by atoms with Crippen molar-refractivity contribution in [2.45, 2.75) is 6.04 Å². The minimum atomic E-state index is -0.298. The van der Waals surface area contributed by atoms with E-state index in [0.29, 0.717) is 5.56 Å². The second-order valence-electron chi connectivity index (χ2n) is 3.28. The van der Waals surface area contributed by atoms with Gasteiger partial charge in [-0.1, -0.05) is 28.1 Å². The van der Waals surface area contributed by atoms with Crippen molar-refractivity contribution in [3.63, 3.8) is 0 Å². The van der Waals surface area contributed by atoms with E-state index in [2.05, 4.69) is 21.4 Å². The summed E-state index contributed by atoms with van der Waals surface area (Å²) in [5, 5.41) is 1.94. The summed E-state index contributed by atoms with van der Waals surface area (Å²) in [4.78, 5) is 0.990. The van der Waals surface area contributed by atoms with Gasteiger partial charge in [-0.05, 0) is 23.6 Å². The molecule has 5 heteroatoms. The summed E-state index contributed by atoms with van der Waals surface area (Å²) >= 11 is 4.77. The van der Waals surface area contributed by atoms with Crippen LogP contribution in [0.1, 0.15) is 16.5 Å². The molecule has 0 amide bonds. The molecule has 2 rings (SSSR count). The fraction of sp³-hybridized carbons (Fsp3) is 0.0909. The van der Waals surface area contributed by atoms with Gasteiger partial charge in [0.05, 0.1) is 6.04 Å². The average molecular weight is 301 g/mol. The molecule has 0 aliphatic carbocycles. The molecule has 1 heterocycles. The Hall–Kier alpha value is -0.750. The third-order valence-electron chi connectivity index (χ3n) is 2.27. The molecule has 1 unspecified atom stereocenters. The number of hydrogen-bond acceptors (Lipinski definition) is 3. The zero-order valence-electron chi connectivity index (χ0n) is 8.28. The Morgan fingerprint density at radius 3 is 2.75 bits per heavy atom. The van der Waals surface area contributed by atoms with Crippen molar-refractivity contribution >= 4 is 27.3 Å². The van der Waals surface area contributed by atoms with Gasteiger partial charge in [0.2, 0.25) is 0 Å². The molecule has 2 aromatic rings. The summed E-state index contributed by atoms with van der Waals surface area (Å²) < 4.78 is 14.5. The minimum absolute atomic E-state index is 0.272. The molecule has 16 heavy (non-hydrogen) atoms. The number of hydrazine groups is 1. The molecule has 0 bridgehead atoms. The molecule has 0 saturated heterocycles. The van der Waals surface area contributed by atoms with E-state index in [1.54, 1.807) is 23.5 Å². The number of hydrogen-bond donors (Lipinski definition) is 2. The first-order valence-corrected chi connectivity index (χ1v) is 6.34. The molecular formula is C11H10BrFN2S. The lowest BCUT2D eigenvalue weighted by molar-refractivity contribution is 0.563. The van der Waals surface area contributed by atoms with E-state index in [1.807, 2.05) is 17.5 Å². The zero-order chi connectivity index (χ0) is 11.5. The molecule has 0 aliphatic heterocycles. The van der Waals surface area contributed by atoms with E-state index in [0.717, 1.165) is 9.35 Å². The third kappa shape index (κ3) is 2.32. The Morgan fingerprint density at radius 2 is 2.19 bits per heavy atom. The molecule has 3 N–H and O–H groups in total. The SMILES string of the molecule is NNC(c1cccs1)c1ccc(Br)cc1F. The summed E-state index contributed by atoms with van der Waals surface area (Å²) in [6, 6.07) is 8.51. The van der Waals surface area contributed by atoms with Gasteiger partial charge in [-0.25, -0.2) is 9.82 Å². The van der Waals surface area contributed by atoms with Crippen LogP contribution in [0.4, 0.5) is 4.39 Å². The largest absolute Gasteiger partial charge is 0.271 e. The molecule has 0 spiro atoms. The van der Waals surface area contributed by atoms with Gasteiger partial charge in [0.15, 0.2) is 0 Å². The van der Waals surface area contributed by atoms with E-state index in [1.165, 1.54) is 6.07 Å². The highest BCUT2D eigenvalue weighted by Crippen LogP contribution is 2.28. The van der Waals surface area contributed by atoms with Crippen molar-refractivity contribution in [1.29, 1.82) is 0 Å². The van der Waals surface area contributed by atoms with Crippen LogP contribution in [0.15, 0.2) is 40.2 Å². The Bertz CT molecular complexity index is 473. The highest BCUT2D eigenvalue weighted by molar-refractivity contribution is 9.10. The van der Waals surface area contributed by atoms with Crippen molar-refractivity contribution in [3.05, 3.63) is 56.4 Å².